The number of aromatic nitrogens is 1. The molecule has 0 atom stereocenters. The summed E-state index contributed by atoms with van der Waals surface area (Å²) in [7, 11) is 1.72. The van der Waals surface area contributed by atoms with Crippen molar-refractivity contribution in [3.63, 3.8) is 0 Å². The Bertz CT molecular complexity index is 1050. The van der Waals surface area contributed by atoms with E-state index in [4.69, 9.17) is 21.1 Å². The predicted octanol–water partition coefficient (Wildman–Crippen LogP) is 5.23. The molecule has 1 saturated heterocycles. The highest BCUT2D eigenvalue weighted by molar-refractivity contribution is 6.33. The van der Waals surface area contributed by atoms with Crippen LogP contribution in [-0.2, 0) is 9.47 Å². The predicted molar refractivity (Wildman–Crippen MR) is 141 cm³/mol. The lowest BCUT2D eigenvalue weighted by atomic mass is 9.81. The molecule has 0 bridgehead atoms. The molecule has 2 fully saturated rings. The van der Waals surface area contributed by atoms with Gasteiger partial charge in [-0.2, -0.15) is 5.26 Å². The van der Waals surface area contributed by atoms with Crippen LogP contribution in [0.4, 0.5) is 15.9 Å². The van der Waals surface area contributed by atoms with E-state index in [0.717, 1.165) is 55.8 Å². The average Bonchev–Trinajstić information content (AvgIpc) is 2.91. The van der Waals surface area contributed by atoms with Crippen molar-refractivity contribution >= 4 is 23.1 Å². The summed E-state index contributed by atoms with van der Waals surface area (Å²) in [6, 6.07) is 10.1. The molecule has 2 aromatic rings. The van der Waals surface area contributed by atoms with Crippen LogP contribution in [0.1, 0.15) is 38.5 Å². The van der Waals surface area contributed by atoms with Crippen molar-refractivity contribution in [1.82, 2.24) is 10.3 Å². The number of benzene rings is 1. The summed E-state index contributed by atoms with van der Waals surface area (Å²) < 4.78 is 25.2. The number of anilines is 2. The summed E-state index contributed by atoms with van der Waals surface area (Å²) in [4.78, 5) is 4.48. The molecule has 1 aromatic heterocycles. The molecule has 2 heterocycles. The van der Waals surface area contributed by atoms with E-state index >= 15 is 0 Å². The van der Waals surface area contributed by atoms with Crippen LogP contribution in [0, 0.1) is 22.6 Å². The van der Waals surface area contributed by atoms with E-state index in [9.17, 15) is 9.65 Å². The Morgan fingerprint density at radius 1 is 1.19 bits per heavy atom. The van der Waals surface area contributed by atoms with Gasteiger partial charge in [0, 0.05) is 57.3 Å². The number of halogens is 2. The number of hydrogen-bond acceptors (Lipinski definition) is 7. The first kappa shape index (κ1) is 26.6. The van der Waals surface area contributed by atoms with Gasteiger partial charge < -0.3 is 25.4 Å². The highest BCUT2D eigenvalue weighted by Crippen LogP contribution is 2.34. The van der Waals surface area contributed by atoms with E-state index in [1.54, 1.807) is 25.4 Å². The highest BCUT2D eigenvalue weighted by Gasteiger charge is 2.32. The van der Waals surface area contributed by atoms with Crippen LogP contribution in [0.3, 0.4) is 0 Å². The molecule has 0 spiro atoms. The third-order valence-electron chi connectivity index (χ3n) is 7.26. The van der Waals surface area contributed by atoms with Crippen molar-refractivity contribution in [2.24, 2.45) is 5.41 Å². The molecule has 3 N–H and O–H groups in total. The van der Waals surface area contributed by atoms with Crippen LogP contribution in [-0.4, -0.2) is 57.1 Å². The summed E-state index contributed by atoms with van der Waals surface area (Å²) >= 11 is 6.51. The van der Waals surface area contributed by atoms with Gasteiger partial charge >= 0.3 is 0 Å². The van der Waals surface area contributed by atoms with E-state index in [-0.39, 0.29) is 5.82 Å². The molecule has 1 aromatic carbocycles. The van der Waals surface area contributed by atoms with E-state index < -0.39 is 5.41 Å². The molecule has 1 aliphatic carbocycles. The molecule has 36 heavy (non-hydrogen) atoms. The quantitative estimate of drug-likeness (QED) is 0.373. The summed E-state index contributed by atoms with van der Waals surface area (Å²) in [5, 5.41) is 20.5. The first-order valence-electron chi connectivity index (χ1n) is 12.7. The van der Waals surface area contributed by atoms with Gasteiger partial charge in [-0.05, 0) is 62.3 Å². The van der Waals surface area contributed by atoms with E-state index in [1.165, 1.54) is 6.07 Å². The van der Waals surface area contributed by atoms with Crippen molar-refractivity contribution in [1.29, 1.82) is 5.26 Å². The lowest BCUT2D eigenvalue weighted by Crippen LogP contribution is -2.38. The van der Waals surface area contributed by atoms with Crippen LogP contribution >= 0.6 is 11.6 Å². The van der Waals surface area contributed by atoms with Crippen LogP contribution < -0.4 is 16.0 Å². The lowest BCUT2D eigenvalue weighted by Gasteiger charge is -2.31. The zero-order valence-electron chi connectivity index (χ0n) is 20.8. The second-order valence-corrected chi connectivity index (χ2v) is 10.1. The molecular formula is C27H35ClFN5O2. The molecular weight excluding hydrogens is 481 g/mol. The Balaban J connectivity index is 1.41. The normalized spacial score (nSPS) is 21.5. The average molecular weight is 516 g/mol. The van der Waals surface area contributed by atoms with Crippen LogP contribution in [0.5, 0.6) is 0 Å². The molecule has 9 heteroatoms. The standard InChI is InChI=1S/C27H35ClFN5O2/c1-35-13-10-31-20-3-5-21(6-4-20)34-26-15-22(23(28)16-32-26)19-2-7-24(29)25(14-19)33-18-27(17-30)8-11-36-12-9-27/h2,7,14-16,20-21,31,33H,3-6,8-13,18H2,1H3,(H,32,34). The highest BCUT2D eigenvalue weighted by atomic mass is 35.5. The number of nitrogens with one attached hydrogen (secondary N) is 3. The number of methoxy groups -OCH3 is 1. The Hall–Kier alpha value is -2.44. The van der Waals surface area contributed by atoms with Crippen molar-refractivity contribution in [3.05, 3.63) is 41.3 Å². The van der Waals surface area contributed by atoms with Gasteiger partial charge in [-0.3, -0.25) is 0 Å². The van der Waals surface area contributed by atoms with Crippen molar-refractivity contribution < 1.29 is 13.9 Å². The van der Waals surface area contributed by atoms with Gasteiger partial charge in [0.05, 0.1) is 28.8 Å². The third-order valence-corrected chi connectivity index (χ3v) is 7.56. The number of ether oxygens (including phenoxy) is 2. The first-order valence-corrected chi connectivity index (χ1v) is 13.1. The fourth-order valence-corrected chi connectivity index (χ4v) is 5.15. The molecule has 2 aliphatic rings. The minimum atomic E-state index is -0.551. The monoisotopic (exact) mass is 515 g/mol. The summed E-state index contributed by atoms with van der Waals surface area (Å²) in [5.41, 5.74) is 1.38. The topological polar surface area (TPSA) is 91.2 Å². The Morgan fingerprint density at radius 3 is 2.67 bits per heavy atom. The zero-order valence-corrected chi connectivity index (χ0v) is 21.5. The Labute approximate surface area is 217 Å². The maximum Gasteiger partial charge on any atom is 0.146 e. The van der Waals surface area contributed by atoms with E-state index in [1.807, 2.05) is 6.07 Å². The third kappa shape index (κ3) is 6.86. The molecule has 0 unspecified atom stereocenters. The number of nitriles is 1. The second kappa shape index (κ2) is 12.7. The van der Waals surface area contributed by atoms with Gasteiger partial charge in [0.1, 0.15) is 11.6 Å². The van der Waals surface area contributed by atoms with Gasteiger partial charge in [0.25, 0.3) is 0 Å². The molecule has 1 saturated carbocycles. The fourth-order valence-electron chi connectivity index (χ4n) is 4.94. The molecule has 4 rings (SSSR count). The molecule has 1 aliphatic heterocycles. The van der Waals surface area contributed by atoms with Gasteiger partial charge in [-0.15, -0.1) is 0 Å². The maximum atomic E-state index is 14.6. The largest absolute Gasteiger partial charge is 0.383 e. The number of hydrogen-bond donors (Lipinski definition) is 3. The molecule has 0 radical (unpaired) electrons. The zero-order chi connectivity index (χ0) is 25.4. The minimum Gasteiger partial charge on any atom is -0.383 e. The van der Waals surface area contributed by atoms with Crippen molar-refractivity contribution in [3.8, 4) is 17.2 Å². The van der Waals surface area contributed by atoms with E-state index in [0.29, 0.717) is 55.4 Å². The molecule has 194 valence electrons. The molecule has 0 amide bonds. The smallest absolute Gasteiger partial charge is 0.146 e. The second-order valence-electron chi connectivity index (χ2n) is 9.74. The van der Waals surface area contributed by atoms with Gasteiger partial charge in [0.15, 0.2) is 0 Å². The number of nitrogens with zero attached hydrogens (tertiary/aromatic N) is 2. The lowest BCUT2D eigenvalue weighted by molar-refractivity contribution is 0.0456. The summed E-state index contributed by atoms with van der Waals surface area (Å²) in [6.45, 7) is 3.07. The van der Waals surface area contributed by atoms with Gasteiger partial charge in [-0.25, -0.2) is 9.37 Å². The SMILES string of the molecule is COCCNC1CCC(Nc2cc(-c3ccc(F)c(NCC4(C#N)CCOCC4)c3)c(Cl)cn2)CC1. The van der Waals surface area contributed by atoms with Gasteiger partial charge in [-0.1, -0.05) is 17.7 Å². The number of pyridine rings is 1. The van der Waals surface area contributed by atoms with Crippen LogP contribution in [0.2, 0.25) is 5.02 Å². The first-order chi connectivity index (χ1) is 17.5. The van der Waals surface area contributed by atoms with Gasteiger partial charge in [0.2, 0.25) is 0 Å². The Kier molecular flexibility index (Phi) is 9.38. The van der Waals surface area contributed by atoms with Crippen LogP contribution in [0.15, 0.2) is 30.5 Å². The molecule has 7 nitrogen and oxygen atoms in total. The minimum absolute atomic E-state index is 0.346. The number of rotatable bonds is 10. The summed E-state index contributed by atoms with van der Waals surface area (Å²) in [6.07, 6.45) is 7.22. The van der Waals surface area contributed by atoms with Crippen molar-refractivity contribution in [2.75, 3.05) is 50.7 Å². The fraction of sp³-hybridized carbons (Fsp3) is 0.556. The summed E-state index contributed by atoms with van der Waals surface area (Å²) in [5.74, 6) is 0.396. The van der Waals surface area contributed by atoms with E-state index in [2.05, 4.69) is 27.0 Å². The van der Waals surface area contributed by atoms with Crippen molar-refractivity contribution in [2.45, 2.75) is 50.6 Å². The maximum absolute atomic E-state index is 14.6. The van der Waals surface area contributed by atoms with Crippen LogP contribution in [0.25, 0.3) is 11.1 Å². The Morgan fingerprint density at radius 2 is 1.94 bits per heavy atom.